The molecule has 1 rings (SSSR count). The van der Waals surface area contributed by atoms with E-state index >= 15 is 0 Å². The van der Waals surface area contributed by atoms with E-state index in [1.165, 1.54) is 5.56 Å². The first-order valence-corrected chi connectivity index (χ1v) is 6.60. The van der Waals surface area contributed by atoms with Gasteiger partial charge in [0.2, 0.25) is 0 Å². The average Bonchev–Trinajstić information content (AvgIpc) is 2.39. The summed E-state index contributed by atoms with van der Waals surface area (Å²) in [5.74, 6) is 0. The molecule has 0 saturated carbocycles. The van der Waals surface area contributed by atoms with Crippen molar-refractivity contribution in [2.24, 2.45) is 0 Å². The molecular weight excluding hydrogens is 226 g/mol. The van der Waals surface area contributed by atoms with Gasteiger partial charge in [0.05, 0.1) is 0 Å². The molecule has 0 heterocycles. The number of amides is 2. The third-order valence-corrected chi connectivity index (χ3v) is 2.50. The maximum absolute atomic E-state index is 11.4. The molecule has 0 spiro atoms. The lowest BCUT2D eigenvalue weighted by Crippen LogP contribution is -2.29. The number of carbonyl (C=O) groups excluding carboxylic acids is 1. The lowest BCUT2D eigenvalue weighted by atomic mass is 10.2. The summed E-state index contributed by atoms with van der Waals surface area (Å²) in [5, 5.41) is 8.92. The summed E-state index contributed by atoms with van der Waals surface area (Å²) in [6, 6.07) is 7.76. The average molecular weight is 249 g/mol. The lowest BCUT2D eigenvalue weighted by molar-refractivity contribution is 0.252. The molecule has 4 heteroatoms. The molecule has 0 unspecified atom stereocenters. The molecule has 4 nitrogen and oxygen atoms in total. The Bertz CT molecular complexity index is 349. The molecule has 0 aliphatic heterocycles. The highest BCUT2D eigenvalue weighted by Crippen LogP contribution is 2.09. The van der Waals surface area contributed by atoms with Crippen molar-refractivity contribution in [3.8, 4) is 0 Å². The zero-order valence-corrected chi connectivity index (χ0v) is 11.3. The van der Waals surface area contributed by atoms with Crippen molar-refractivity contribution in [2.75, 3.05) is 18.4 Å². The van der Waals surface area contributed by atoms with E-state index in [1.54, 1.807) is 0 Å². The number of carbonyl (C=O) groups is 1. The number of hydrogen-bond acceptors (Lipinski definition) is 2. The molecule has 18 heavy (non-hydrogen) atoms. The fraction of sp³-hybridized carbons (Fsp3) is 0.500. The SMILES string of the molecule is CCCNCc1ccc(NC(=O)NCCC)cc1. The van der Waals surface area contributed by atoms with Crippen LogP contribution in [-0.2, 0) is 6.54 Å². The van der Waals surface area contributed by atoms with Crippen LogP contribution in [0.1, 0.15) is 32.3 Å². The van der Waals surface area contributed by atoms with Gasteiger partial charge >= 0.3 is 6.03 Å². The molecule has 0 bridgehead atoms. The van der Waals surface area contributed by atoms with Crippen LogP contribution in [0.5, 0.6) is 0 Å². The zero-order valence-electron chi connectivity index (χ0n) is 11.3. The van der Waals surface area contributed by atoms with Gasteiger partial charge in [0, 0.05) is 18.8 Å². The molecule has 0 radical (unpaired) electrons. The van der Waals surface area contributed by atoms with Crippen LogP contribution in [0.25, 0.3) is 0 Å². The van der Waals surface area contributed by atoms with Crippen molar-refractivity contribution in [3.05, 3.63) is 29.8 Å². The highest BCUT2D eigenvalue weighted by molar-refractivity contribution is 5.89. The van der Waals surface area contributed by atoms with Crippen molar-refractivity contribution in [1.29, 1.82) is 0 Å². The van der Waals surface area contributed by atoms with Gasteiger partial charge < -0.3 is 16.0 Å². The van der Waals surface area contributed by atoms with Crippen LogP contribution < -0.4 is 16.0 Å². The third kappa shape index (κ3) is 5.68. The first-order valence-electron chi connectivity index (χ1n) is 6.60. The number of hydrogen-bond donors (Lipinski definition) is 3. The quantitative estimate of drug-likeness (QED) is 0.651. The molecule has 0 atom stereocenters. The summed E-state index contributed by atoms with van der Waals surface area (Å²) in [6.45, 7) is 6.77. The molecule has 0 aromatic heterocycles. The van der Waals surface area contributed by atoms with E-state index in [4.69, 9.17) is 0 Å². The largest absolute Gasteiger partial charge is 0.338 e. The fourth-order valence-corrected chi connectivity index (χ4v) is 1.53. The number of anilines is 1. The van der Waals surface area contributed by atoms with Crippen LogP contribution in [-0.4, -0.2) is 19.1 Å². The van der Waals surface area contributed by atoms with E-state index in [2.05, 4.69) is 22.9 Å². The summed E-state index contributed by atoms with van der Waals surface area (Å²) in [6.07, 6.45) is 2.08. The van der Waals surface area contributed by atoms with Crippen molar-refractivity contribution in [3.63, 3.8) is 0 Å². The molecule has 2 amide bonds. The van der Waals surface area contributed by atoms with E-state index in [0.29, 0.717) is 6.54 Å². The Hall–Kier alpha value is -1.55. The van der Waals surface area contributed by atoms with E-state index in [9.17, 15) is 4.79 Å². The van der Waals surface area contributed by atoms with Gasteiger partial charge in [-0.2, -0.15) is 0 Å². The topological polar surface area (TPSA) is 53.2 Å². The van der Waals surface area contributed by atoms with Gasteiger partial charge in [-0.15, -0.1) is 0 Å². The number of rotatable bonds is 7. The summed E-state index contributed by atoms with van der Waals surface area (Å²) in [4.78, 5) is 11.4. The Morgan fingerprint density at radius 1 is 1.06 bits per heavy atom. The van der Waals surface area contributed by atoms with Gasteiger partial charge in [-0.25, -0.2) is 4.79 Å². The first kappa shape index (κ1) is 14.5. The third-order valence-electron chi connectivity index (χ3n) is 2.50. The second-order valence-corrected chi connectivity index (χ2v) is 4.25. The van der Waals surface area contributed by atoms with Gasteiger partial charge in [0.25, 0.3) is 0 Å². The van der Waals surface area contributed by atoms with Crippen molar-refractivity contribution < 1.29 is 4.79 Å². The predicted octanol–water partition coefficient (Wildman–Crippen LogP) is 2.72. The minimum absolute atomic E-state index is 0.145. The smallest absolute Gasteiger partial charge is 0.319 e. The van der Waals surface area contributed by atoms with E-state index in [0.717, 1.165) is 31.6 Å². The highest BCUT2D eigenvalue weighted by Gasteiger charge is 2.00. The first-order chi connectivity index (χ1) is 8.76. The van der Waals surface area contributed by atoms with Crippen molar-refractivity contribution in [2.45, 2.75) is 33.2 Å². The van der Waals surface area contributed by atoms with Gasteiger partial charge in [0.1, 0.15) is 0 Å². The van der Waals surface area contributed by atoms with Gasteiger partial charge in [-0.3, -0.25) is 0 Å². The van der Waals surface area contributed by atoms with Crippen LogP contribution in [0, 0.1) is 0 Å². The number of urea groups is 1. The monoisotopic (exact) mass is 249 g/mol. The van der Waals surface area contributed by atoms with E-state index < -0.39 is 0 Å². The lowest BCUT2D eigenvalue weighted by Gasteiger charge is -2.08. The Balaban J connectivity index is 2.37. The predicted molar refractivity (Wildman–Crippen MR) is 75.8 cm³/mol. The molecule has 1 aromatic rings. The minimum Gasteiger partial charge on any atom is -0.338 e. The second kappa shape index (κ2) is 8.53. The second-order valence-electron chi connectivity index (χ2n) is 4.25. The zero-order chi connectivity index (χ0) is 13.2. The normalized spacial score (nSPS) is 10.1. The summed E-state index contributed by atoms with van der Waals surface area (Å²) < 4.78 is 0. The molecule has 0 fully saturated rings. The number of benzene rings is 1. The fourth-order valence-electron chi connectivity index (χ4n) is 1.53. The van der Waals surface area contributed by atoms with Gasteiger partial charge in [-0.05, 0) is 37.1 Å². The van der Waals surface area contributed by atoms with E-state index in [-0.39, 0.29) is 6.03 Å². The maximum atomic E-state index is 11.4. The van der Waals surface area contributed by atoms with Crippen LogP contribution in [0.15, 0.2) is 24.3 Å². The van der Waals surface area contributed by atoms with Crippen molar-refractivity contribution >= 4 is 11.7 Å². The van der Waals surface area contributed by atoms with Gasteiger partial charge in [-0.1, -0.05) is 26.0 Å². The van der Waals surface area contributed by atoms with Crippen molar-refractivity contribution in [1.82, 2.24) is 10.6 Å². The van der Waals surface area contributed by atoms with Crippen LogP contribution in [0.3, 0.4) is 0 Å². The van der Waals surface area contributed by atoms with Crippen LogP contribution in [0.4, 0.5) is 10.5 Å². The summed E-state index contributed by atoms with van der Waals surface area (Å²) >= 11 is 0. The van der Waals surface area contributed by atoms with Crippen LogP contribution >= 0.6 is 0 Å². The molecule has 0 aliphatic rings. The molecule has 3 N–H and O–H groups in total. The highest BCUT2D eigenvalue weighted by atomic mass is 16.2. The summed E-state index contributed by atoms with van der Waals surface area (Å²) in [7, 11) is 0. The molecular formula is C14H23N3O. The summed E-state index contributed by atoms with van der Waals surface area (Å²) in [5.41, 5.74) is 2.05. The Morgan fingerprint density at radius 3 is 2.33 bits per heavy atom. The Labute approximate surface area is 109 Å². The Kier molecular flexibility index (Phi) is 6.87. The maximum Gasteiger partial charge on any atom is 0.319 e. The molecule has 1 aromatic carbocycles. The van der Waals surface area contributed by atoms with E-state index in [1.807, 2.05) is 31.2 Å². The van der Waals surface area contributed by atoms with Crippen LogP contribution in [0.2, 0.25) is 0 Å². The standard InChI is InChI=1S/C14H23N3O/c1-3-9-15-11-12-5-7-13(8-6-12)17-14(18)16-10-4-2/h5-8,15H,3-4,9-11H2,1-2H3,(H2,16,17,18). The molecule has 0 aliphatic carbocycles. The molecule has 0 saturated heterocycles. The van der Waals surface area contributed by atoms with Gasteiger partial charge in [0.15, 0.2) is 0 Å². The molecule has 100 valence electrons. The Morgan fingerprint density at radius 2 is 1.72 bits per heavy atom. The number of nitrogens with one attached hydrogen (secondary N) is 3. The minimum atomic E-state index is -0.145.